The van der Waals surface area contributed by atoms with Crippen molar-refractivity contribution in [2.45, 2.75) is 25.4 Å². The summed E-state index contributed by atoms with van der Waals surface area (Å²) in [5.74, 6) is -0.759. The highest BCUT2D eigenvalue weighted by Crippen LogP contribution is 2.21. The molecular weight excluding hydrogens is 214 g/mol. The minimum absolute atomic E-state index is 0.0381. The Morgan fingerprint density at radius 3 is 3.07 bits per heavy atom. The van der Waals surface area contributed by atoms with Gasteiger partial charge in [0.25, 0.3) is 0 Å². The Labute approximate surface area is 93.1 Å². The van der Waals surface area contributed by atoms with E-state index in [1.165, 1.54) is 11.1 Å². The van der Waals surface area contributed by atoms with Gasteiger partial charge in [-0.05, 0) is 29.7 Å². The van der Waals surface area contributed by atoms with Crippen LogP contribution >= 0.6 is 11.6 Å². The molecule has 0 aromatic heterocycles. The first-order chi connectivity index (χ1) is 7.15. The Hall–Kier alpha value is -1.06. The second kappa shape index (κ2) is 4.21. The fraction of sp³-hybridized carbons (Fsp3) is 0.364. The molecule has 1 heterocycles. The van der Waals surface area contributed by atoms with Gasteiger partial charge in [0.2, 0.25) is 0 Å². The van der Waals surface area contributed by atoms with Crippen LogP contribution in [-0.4, -0.2) is 17.1 Å². The molecule has 0 radical (unpaired) electrons. The van der Waals surface area contributed by atoms with E-state index < -0.39 is 5.97 Å². The lowest BCUT2D eigenvalue weighted by Crippen LogP contribution is -2.37. The van der Waals surface area contributed by atoms with Crippen LogP contribution in [0.3, 0.4) is 0 Å². The number of carboxylic acid groups (broad SMARTS) is 1. The van der Waals surface area contributed by atoms with Crippen LogP contribution in [0.2, 0.25) is 5.02 Å². The minimum atomic E-state index is -0.759. The monoisotopic (exact) mass is 225 g/mol. The van der Waals surface area contributed by atoms with Crippen LogP contribution in [-0.2, 0) is 17.8 Å². The average molecular weight is 226 g/mol. The van der Waals surface area contributed by atoms with E-state index in [0.717, 1.165) is 11.4 Å². The van der Waals surface area contributed by atoms with Crippen molar-refractivity contribution in [3.8, 4) is 0 Å². The zero-order valence-electron chi connectivity index (χ0n) is 8.16. The summed E-state index contributed by atoms with van der Waals surface area (Å²) >= 11 is 5.88. The number of rotatable bonds is 2. The van der Waals surface area contributed by atoms with E-state index in [1.54, 1.807) is 0 Å². The predicted octanol–water partition coefficient (Wildman–Crippen LogP) is 1.83. The van der Waals surface area contributed by atoms with Gasteiger partial charge in [-0.15, -0.1) is 0 Å². The van der Waals surface area contributed by atoms with Crippen LogP contribution < -0.4 is 5.32 Å². The van der Waals surface area contributed by atoms with Gasteiger partial charge in [0.05, 0.1) is 6.42 Å². The second-order valence-corrected chi connectivity index (χ2v) is 4.23. The number of halogens is 1. The van der Waals surface area contributed by atoms with Crippen molar-refractivity contribution in [1.82, 2.24) is 5.32 Å². The summed E-state index contributed by atoms with van der Waals surface area (Å²) in [6.45, 7) is 0.702. The van der Waals surface area contributed by atoms with E-state index >= 15 is 0 Å². The SMILES string of the molecule is O=C(O)CC1Cc2ccc(Cl)cc2CN1. The zero-order chi connectivity index (χ0) is 10.8. The summed E-state index contributed by atoms with van der Waals surface area (Å²) in [4.78, 5) is 10.6. The zero-order valence-corrected chi connectivity index (χ0v) is 8.92. The third-order valence-corrected chi connectivity index (χ3v) is 2.87. The van der Waals surface area contributed by atoms with Gasteiger partial charge < -0.3 is 10.4 Å². The number of aliphatic carboxylic acids is 1. The van der Waals surface area contributed by atoms with Gasteiger partial charge in [-0.25, -0.2) is 0 Å². The molecule has 3 nitrogen and oxygen atoms in total. The maximum absolute atomic E-state index is 10.6. The van der Waals surface area contributed by atoms with Crippen molar-refractivity contribution < 1.29 is 9.90 Å². The largest absolute Gasteiger partial charge is 0.481 e. The van der Waals surface area contributed by atoms with Crippen molar-refractivity contribution in [3.63, 3.8) is 0 Å². The van der Waals surface area contributed by atoms with Crippen LogP contribution in [0.15, 0.2) is 18.2 Å². The summed E-state index contributed by atoms with van der Waals surface area (Å²) < 4.78 is 0. The standard InChI is InChI=1S/C11H12ClNO2/c12-9-2-1-7-4-10(5-11(14)15)13-6-8(7)3-9/h1-3,10,13H,4-6H2,(H,14,15). The number of carboxylic acids is 1. The molecule has 1 aromatic carbocycles. The van der Waals surface area contributed by atoms with Gasteiger partial charge in [0.1, 0.15) is 0 Å². The van der Waals surface area contributed by atoms with E-state index in [0.29, 0.717) is 6.54 Å². The third kappa shape index (κ3) is 2.49. The number of carbonyl (C=O) groups is 1. The molecule has 0 saturated heterocycles. The highest BCUT2D eigenvalue weighted by atomic mass is 35.5. The van der Waals surface area contributed by atoms with Gasteiger partial charge in [-0.2, -0.15) is 0 Å². The molecule has 1 unspecified atom stereocenters. The van der Waals surface area contributed by atoms with Crippen molar-refractivity contribution in [3.05, 3.63) is 34.3 Å². The lowest BCUT2D eigenvalue weighted by Gasteiger charge is -2.25. The van der Waals surface area contributed by atoms with E-state index in [-0.39, 0.29) is 12.5 Å². The molecule has 4 heteroatoms. The van der Waals surface area contributed by atoms with Crippen molar-refractivity contribution >= 4 is 17.6 Å². The van der Waals surface area contributed by atoms with Crippen LogP contribution in [0.1, 0.15) is 17.5 Å². The van der Waals surface area contributed by atoms with Crippen LogP contribution in [0.5, 0.6) is 0 Å². The van der Waals surface area contributed by atoms with Crippen molar-refractivity contribution in [2.24, 2.45) is 0 Å². The van der Waals surface area contributed by atoms with Gasteiger partial charge in [-0.3, -0.25) is 4.79 Å². The minimum Gasteiger partial charge on any atom is -0.481 e. The molecule has 0 bridgehead atoms. The van der Waals surface area contributed by atoms with Gasteiger partial charge in [-0.1, -0.05) is 17.7 Å². The van der Waals surface area contributed by atoms with Crippen molar-refractivity contribution in [1.29, 1.82) is 0 Å². The molecule has 0 fully saturated rings. The molecule has 2 rings (SSSR count). The lowest BCUT2D eigenvalue weighted by atomic mass is 9.94. The van der Waals surface area contributed by atoms with E-state index in [4.69, 9.17) is 16.7 Å². The van der Waals surface area contributed by atoms with Gasteiger partial charge in [0, 0.05) is 17.6 Å². The predicted molar refractivity (Wildman–Crippen MR) is 58.0 cm³/mol. The topological polar surface area (TPSA) is 49.3 Å². The van der Waals surface area contributed by atoms with Crippen LogP contribution in [0, 0.1) is 0 Å². The number of nitrogens with one attached hydrogen (secondary N) is 1. The Balaban J connectivity index is 2.13. The number of hydrogen-bond acceptors (Lipinski definition) is 2. The molecule has 1 aliphatic heterocycles. The lowest BCUT2D eigenvalue weighted by molar-refractivity contribution is -0.137. The molecule has 0 aliphatic carbocycles. The molecule has 15 heavy (non-hydrogen) atoms. The molecule has 1 aliphatic rings. The maximum atomic E-state index is 10.6. The maximum Gasteiger partial charge on any atom is 0.304 e. The van der Waals surface area contributed by atoms with Gasteiger partial charge >= 0.3 is 5.97 Å². The first kappa shape index (κ1) is 10.5. The Kier molecular flexibility index (Phi) is 2.93. The van der Waals surface area contributed by atoms with Crippen LogP contribution in [0.4, 0.5) is 0 Å². The Morgan fingerprint density at radius 1 is 1.53 bits per heavy atom. The van der Waals surface area contributed by atoms with Gasteiger partial charge in [0.15, 0.2) is 0 Å². The quantitative estimate of drug-likeness (QED) is 0.808. The Morgan fingerprint density at radius 2 is 2.33 bits per heavy atom. The first-order valence-electron chi connectivity index (χ1n) is 4.87. The molecule has 0 amide bonds. The molecular formula is C11H12ClNO2. The summed E-state index contributed by atoms with van der Waals surface area (Å²) in [6.07, 6.45) is 0.931. The van der Waals surface area contributed by atoms with E-state index in [9.17, 15) is 4.79 Å². The summed E-state index contributed by atoms with van der Waals surface area (Å²) in [7, 11) is 0. The molecule has 1 atom stereocenters. The highest BCUT2D eigenvalue weighted by Gasteiger charge is 2.19. The number of fused-ring (bicyclic) bond motifs is 1. The summed E-state index contributed by atoms with van der Waals surface area (Å²) in [6, 6.07) is 5.80. The van der Waals surface area contributed by atoms with Crippen molar-refractivity contribution in [2.75, 3.05) is 0 Å². The second-order valence-electron chi connectivity index (χ2n) is 3.79. The summed E-state index contributed by atoms with van der Waals surface area (Å²) in [5, 5.41) is 12.6. The fourth-order valence-corrected chi connectivity index (χ4v) is 2.10. The van der Waals surface area contributed by atoms with Crippen LogP contribution in [0.25, 0.3) is 0 Å². The molecule has 0 spiro atoms. The van der Waals surface area contributed by atoms with E-state index in [1.807, 2.05) is 18.2 Å². The third-order valence-electron chi connectivity index (χ3n) is 2.64. The Bertz CT molecular complexity index is 392. The van der Waals surface area contributed by atoms with E-state index in [2.05, 4.69) is 5.32 Å². The number of benzene rings is 1. The number of hydrogen-bond donors (Lipinski definition) is 2. The average Bonchev–Trinajstić information content (AvgIpc) is 2.17. The molecule has 0 saturated carbocycles. The fourth-order valence-electron chi connectivity index (χ4n) is 1.91. The normalized spacial score (nSPS) is 19.7. The molecule has 2 N–H and O–H groups in total. The first-order valence-corrected chi connectivity index (χ1v) is 5.25. The molecule has 1 aromatic rings. The molecule has 80 valence electrons. The smallest absolute Gasteiger partial charge is 0.304 e. The summed E-state index contributed by atoms with van der Waals surface area (Å²) in [5.41, 5.74) is 2.37. The highest BCUT2D eigenvalue weighted by molar-refractivity contribution is 6.30.